The van der Waals surface area contributed by atoms with Crippen LogP contribution in [0.4, 0.5) is 0 Å². The normalized spacial score (nSPS) is 12.3. The zero-order valence-corrected chi connectivity index (χ0v) is 11.4. The fraction of sp³-hybridized carbons (Fsp3) is 0.267. The highest BCUT2D eigenvalue weighted by atomic mass is 32.2. The van der Waals surface area contributed by atoms with Crippen molar-refractivity contribution < 1.29 is 0 Å². The second-order valence-corrected chi connectivity index (χ2v) is 5.03. The van der Waals surface area contributed by atoms with E-state index in [4.69, 9.17) is 0 Å². The summed E-state index contributed by atoms with van der Waals surface area (Å²) in [6.45, 7) is 0.983. The highest BCUT2D eigenvalue weighted by Crippen LogP contribution is 2.19. The van der Waals surface area contributed by atoms with Crippen LogP contribution >= 0.6 is 11.8 Å². The predicted octanol–water partition coefficient (Wildman–Crippen LogP) is 3.12. The van der Waals surface area contributed by atoms with Crippen LogP contribution in [-0.4, -0.2) is 23.5 Å². The van der Waals surface area contributed by atoms with Crippen LogP contribution in [0.5, 0.6) is 0 Å². The van der Waals surface area contributed by atoms with Crippen molar-refractivity contribution >= 4 is 11.8 Å². The summed E-state index contributed by atoms with van der Waals surface area (Å²) in [6, 6.07) is 16.7. The Balaban J connectivity index is 2.18. The third-order valence-electron chi connectivity index (χ3n) is 2.77. The molecule has 1 aromatic carbocycles. The molecule has 1 aromatic heterocycles. The fourth-order valence-electron chi connectivity index (χ4n) is 1.89. The van der Waals surface area contributed by atoms with Gasteiger partial charge < -0.3 is 5.32 Å². The molecule has 0 amide bonds. The van der Waals surface area contributed by atoms with Crippen molar-refractivity contribution in [1.29, 1.82) is 0 Å². The summed E-state index contributed by atoms with van der Waals surface area (Å²) in [5.41, 5.74) is 2.34. The van der Waals surface area contributed by atoms with Crippen molar-refractivity contribution in [2.24, 2.45) is 0 Å². The molecule has 2 aromatic rings. The van der Waals surface area contributed by atoms with E-state index in [9.17, 15) is 0 Å². The Morgan fingerprint density at radius 1 is 1.11 bits per heavy atom. The zero-order valence-electron chi connectivity index (χ0n) is 10.5. The van der Waals surface area contributed by atoms with Gasteiger partial charge in [-0.3, -0.25) is 4.98 Å². The zero-order chi connectivity index (χ0) is 12.6. The van der Waals surface area contributed by atoms with E-state index in [0.717, 1.165) is 18.0 Å². The highest BCUT2D eigenvalue weighted by Gasteiger charge is 2.13. The van der Waals surface area contributed by atoms with Crippen LogP contribution in [0.1, 0.15) is 17.3 Å². The summed E-state index contributed by atoms with van der Waals surface area (Å²) < 4.78 is 0. The molecule has 2 nitrogen and oxygen atoms in total. The lowest BCUT2D eigenvalue weighted by Crippen LogP contribution is -2.25. The first-order valence-corrected chi connectivity index (χ1v) is 7.49. The largest absolute Gasteiger partial charge is 0.304 e. The smallest absolute Gasteiger partial charge is 0.0751 e. The summed E-state index contributed by atoms with van der Waals surface area (Å²) in [5.74, 6) is 1.11. The average molecular weight is 258 g/mol. The van der Waals surface area contributed by atoms with Crippen molar-refractivity contribution in [1.82, 2.24) is 10.3 Å². The minimum atomic E-state index is 0.180. The SMILES string of the molecule is CSCCNC(c1ccccc1)c1ccccn1. The standard InChI is InChI=1S/C15H18N2S/c1-18-12-11-17-15(13-7-3-2-4-8-13)14-9-5-6-10-16-14/h2-10,15,17H,11-12H2,1H3. The van der Waals surface area contributed by atoms with Crippen LogP contribution < -0.4 is 5.32 Å². The van der Waals surface area contributed by atoms with E-state index >= 15 is 0 Å². The lowest BCUT2D eigenvalue weighted by Gasteiger charge is -2.18. The Labute approximate surface area is 113 Å². The lowest BCUT2D eigenvalue weighted by atomic mass is 10.0. The molecule has 1 atom stereocenters. The Morgan fingerprint density at radius 2 is 1.89 bits per heavy atom. The van der Waals surface area contributed by atoms with E-state index in [2.05, 4.69) is 46.9 Å². The number of hydrogen-bond acceptors (Lipinski definition) is 3. The van der Waals surface area contributed by atoms with E-state index in [-0.39, 0.29) is 6.04 Å². The van der Waals surface area contributed by atoms with Crippen molar-refractivity contribution in [2.45, 2.75) is 6.04 Å². The second kappa shape index (κ2) is 7.19. The van der Waals surface area contributed by atoms with Gasteiger partial charge in [-0.15, -0.1) is 0 Å². The van der Waals surface area contributed by atoms with E-state index in [1.807, 2.05) is 36.2 Å². The Kier molecular flexibility index (Phi) is 5.24. The van der Waals surface area contributed by atoms with Crippen LogP contribution in [0.25, 0.3) is 0 Å². The van der Waals surface area contributed by atoms with Crippen molar-refractivity contribution in [2.75, 3.05) is 18.6 Å². The minimum Gasteiger partial charge on any atom is -0.304 e. The second-order valence-electron chi connectivity index (χ2n) is 4.05. The summed E-state index contributed by atoms with van der Waals surface area (Å²) in [6.07, 6.45) is 3.97. The van der Waals surface area contributed by atoms with Gasteiger partial charge in [-0.1, -0.05) is 36.4 Å². The predicted molar refractivity (Wildman–Crippen MR) is 78.9 cm³/mol. The molecule has 0 saturated carbocycles. The number of benzene rings is 1. The van der Waals surface area contributed by atoms with Gasteiger partial charge in [0.25, 0.3) is 0 Å². The van der Waals surface area contributed by atoms with Gasteiger partial charge in [0.2, 0.25) is 0 Å². The summed E-state index contributed by atoms with van der Waals surface area (Å²) in [4.78, 5) is 4.46. The molecule has 0 fully saturated rings. The van der Waals surface area contributed by atoms with Gasteiger partial charge in [0.05, 0.1) is 11.7 Å². The number of hydrogen-bond donors (Lipinski definition) is 1. The van der Waals surface area contributed by atoms with Gasteiger partial charge >= 0.3 is 0 Å². The number of pyridine rings is 1. The molecule has 3 heteroatoms. The van der Waals surface area contributed by atoms with Gasteiger partial charge in [0.1, 0.15) is 0 Å². The monoisotopic (exact) mass is 258 g/mol. The summed E-state index contributed by atoms with van der Waals surface area (Å²) in [5, 5.41) is 3.57. The van der Waals surface area contributed by atoms with E-state index in [0.29, 0.717) is 0 Å². The highest BCUT2D eigenvalue weighted by molar-refractivity contribution is 7.98. The number of nitrogens with one attached hydrogen (secondary N) is 1. The first kappa shape index (κ1) is 13.1. The van der Waals surface area contributed by atoms with Crippen LogP contribution in [0, 0.1) is 0 Å². The topological polar surface area (TPSA) is 24.9 Å². The molecule has 94 valence electrons. The molecule has 18 heavy (non-hydrogen) atoms. The maximum atomic E-state index is 4.46. The molecule has 1 unspecified atom stereocenters. The molecule has 0 aliphatic rings. The quantitative estimate of drug-likeness (QED) is 0.806. The molecule has 0 spiro atoms. The molecule has 0 radical (unpaired) electrons. The van der Waals surface area contributed by atoms with Gasteiger partial charge in [-0.25, -0.2) is 0 Å². The van der Waals surface area contributed by atoms with Gasteiger partial charge in [0.15, 0.2) is 0 Å². The van der Waals surface area contributed by atoms with Crippen LogP contribution in [-0.2, 0) is 0 Å². The maximum Gasteiger partial charge on any atom is 0.0751 e. The van der Waals surface area contributed by atoms with Crippen molar-refractivity contribution in [3.63, 3.8) is 0 Å². The van der Waals surface area contributed by atoms with E-state index < -0.39 is 0 Å². The molecular weight excluding hydrogens is 240 g/mol. The van der Waals surface area contributed by atoms with Crippen molar-refractivity contribution in [3.05, 3.63) is 66.0 Å². The van der Waals surface area contributed by atoms with E-state index in [1.54, 1.807) is 0 Å². The lowest BCUT2D eigenvalue weighted by molar-refractivity contribution is 0.619. The number of rotatable bonds is 6. The van der Waals surface area contributed by atoms with Gasteiger partial charge in [-0.05, 0) is 24.0 Å². The number of nitrogens with zero attached hydrogens (tertiary/aromatic N) is 1. The van der Waals surface area contributed by atoms with Crippen LogP contribution in [0.2, 0.25) is 0 Å². The summed E-state index contributed by atoms with van der Waals surface area (Å²) >= 11 is 1.85. The Hall–Kier alpha value is -1.32. The Morgan fingerprint density at radius 3 is 2.56 bits per heavy atom. The number of aromatic nitrogens is 1. The van der Waals surface area contributed by atoms with Gasteiger partial charge in [0, 0.05) is 18.5 Å². The fourth-order valence-corrected chi connectivity index (χ4v) is 2.21. The number of thioether (sulfide) groups is 1. The maximum absolute atomic E-state index is 4.46. The van der Waals surface area contributed by atoms with Crippen LogP contribution in [0.15, 0.2) is 54.7 Å². The summed E-state index contributed by atoms with van der Waals surface area (Å²) in [7, 11) is 0. The Bertz CT molecular complexity index is 405. The minimum absolute atomic E-state index is 0.180. The molecular formula is C15H18N2S. The van der Waals surface area contributed by atoms with E-state index in [1.165, 1.54) is 5.56 Å². The third-order valence-corrected chi connectivity index (χ3v) is 3.38. The molecule has 0 saturated heterocycles. The van der Waals surface area contributed by atoms with Crippen LogP contribution in [0.3, 0.4) is 0 Å². The first-order chi connectivity index (χ1) is 8.92. The molecule has 1 heterocycles. The molecule has 2 rings (SSSR count). The average Bonchev–Trinajstić information content (AvgIpc) is 2.46. The third kappa shape index (κ3) is 3.59. The molecule has 1 N–H and O–H groups in total. The molecule has 0 aliphatic heterocycles. The first-order valence-electron chi connectivity index (χ1n) is 6.10. The van der Waals surface area contributed by atoms with Gasteiger partial charge in [-0.2, -0.15) is 11.8 Å². The van der Waals surface area contributed by atoms with Crippen molar-refractivity contribution in [3.8, 4) is 0 Å². The molecule has 0 bridgehead atoms. The molecule has 0 aliphatic carbocycles.